The number of hydrogen-bond acceptors (Lipinski definition) is 5. The van der Waals surface area contributed by atoms with Crippen LogP contribution >= 0.6 is 0 Å². The summed E-state index contributed by atoms with van der Waals surface area (Å²) in [6.07, 6.45) is 1.84. The fraction of sp³-hybridized carbons (Fsp3) is 0.750. The molecule has 0 rings (SSSR count). The van der Waals surface area contributed by atoms with Crippen molar-refractivity contribution in [2.75, 3.05) is 13.2 Å². The van der Waals surface area contributed by atoms with Gasteiger partial charge in [0.2, 0.25) is 0 Å². The first-order valence-electron chi connectivity index (χ1n) is 4.16. The van der Waals surface area contributed by atoms with Crippen LogP contribution in [0.2, 0.25) is 0 Å². The molecule has 2 atom stereocenters. The van der Waals surface area contributed by atoms with Gasteiger partial charge in [-0.3, -0.25) is 5.32 Å². The molecular weight excluding hydrogens is 174 g/mol. The number of aliphatic hydroxyl groups is 2. The highest BCUT2D eigenvalue weighted by Crippen LogP contribution is 1.93. The lowest BCUT2D eigenvalue weighted by Gasteiger charge is -2.15. The first-order valence-corrected chi connectivity index (χ1v) is 4.16. The summed E-state index contributed by atoms with van der Waals surface area (Å²) in [7, 11) is 0. The predicted octanol–water partition coefficient (Wildman–Crippen LogP) is -1.52. The van der Waals surface area contributed by atoms with Crippen molar-refractivity contribution in [2.45, 2.75) is 24.9 Å². The van der Waals surface area contributed by atoms with Crippen molar-refractivity contribution in [1.29, 1.82) is 0 Å². The van der Waals surface area contributed by atoms with E-state index in [1.807, 2.05) is 0 Å². The van der Waals surface area contributed by atoms with Gasteiger partial charge in [0.15, 0.2) is 0 Å². The molecule has 0 heterocycles. The molecule has 3 N–H and O–H groups in total. The number of hydrogen-bond donors (Lipinski definition) is 3. The van der Waals surface area contributed by atoms with Crippen LogP contribution in [0.4, 0.5) is 0 Å². The molecule has 0 fully saturated rings. The lowest BCUT2D eigenvalue weighted by molar-refractivity contribution is -0.112. The molecule has 0 aromatic carbocycles. The van der Waals surface area contributed by atoms with Crippen LogP contribution in [-0.2, 0) is 9.59 Å². The molecule has 0 saturated heterocycles. The molecule has 13 heavy (non-hydrogen) atoms. The maximum atomic E-state index is 10.4. The Morgan fingerprint density at radius 1 is 1.00 bits per heavy atom. The summed E-state index contributed by atoms with van der Waals surface area (Å²) in [4.78, 5) is 20.8. The van der Waals surface area contributed by atoms with Crippen molar-refractivity contribution in [3.8, 4) is 0 Å². The van der Waals surface area contributed by atoms with Gasteiger partial charge < -0.3 is 19.8 Å². The van der Waals surface area contributed by atoms with E-state index in [0.717, 1.165) is 0 Å². The molecule has 0 aliphatic heterocycles. The number of carbonyl (C=O) groups is 2. The zero-order valence-electron chi connectivity index (χ0n) is 7.35. The Bertz CT molecular complexity index is 135. The normalized spacial score (nSPS) is 14.9. The molecular formula is C8H15NO4. The number of rotatable bonds is 8. The molecule has 0 radical (unpaired) electrons. The van der Waals surface area contributed by atoms with E-state index in [9.17, 15) is 9.59 Å². The average molecular weight is 189 g/mol. The number of nitrogens with one attached hydrogen (secondary N) is 1. The van der Waals surface area contributed by atoms with Gasteiger partial charge in [-0.2, -0.15) is 0 Å². The molecule has 0 bridgehead atoms. The maximum absolute atomic E-state index is 10.4. The molecule has 76 valence electrons. The average Bonchev–Trinajstić information content (AvgIpc) is 2.16. The predicted molar refractivity (Wildman–Crippen MR) is 46.2 cm³/mol. The number of carbonyl (C=O) groups excluding carboxylic acids is 2. The van der Waals surface area contributed by atoms with Crippen molar-refractivity contribution in [1.82, 2.24) is 5.32 Å². The Morgan fingerprint density at radius 2 is 1.38 bits per heavy atom. The highest BCUT2D eigenvalue weighted by Gasteiger charge is 2.12. The van der Waals surface area contributed by atoms with E-state index in [1.54, 1.807) is 0 Å². The van der Waals surface area contributed by atoms with Crippen LogP contribution in [-0.4, -0.2) is 48.1 Å². The van der Waals surface area contributed by atoms with E-state index < -0.39 is 12.1 Å². The Balaban J connectivity index is 3.86. The fourth-order valence-corrected chi connectivity index (χ4v) is 0.934. The van der Waals surface area contributed by atoms with E-state index in [1.165, 1.54) is 0 Å². The first kappa shape index (κ1) is 12.2. The first-order chi connectivity index (χ1) is 6.28. The fourth-order valence-electron chi connectivity index (χ4n) is 0.934. The summed E-state index contributed by atoms with van der Waals surface area (Å²) >= 11 is 0. The van der Waals surface area contributed by atoms with Crippen molar-refractivity contribution in [3.05, 3.63) is 0 Å². The van der Waals surface area contributed by atoms with Gasteiger partial charge >= 0.3 is 0 Å². The van der Waals surface area contributed by atoms with Crippen LogP contribution in [0.3, 0.4) is 0 Å². The van der Waals surface area contributed by atoms with Gasteiger partial charge in [0.1, 0.15) is 12.6 Å². The third-order valence-corrected chi connectivity index (χ3v) is 1.64. The maximum Gasteiger partial charge on any atom is 0.137 e. The van der Waals surface area contributed by atoms with Gasteiger partial charge in [-0.25, -0.2) is 0 Å². The SMILES string of the molecule is O=CC(CCO)NC(C=O)CCO. The van der Waals surface area contributed by atoms with Gasteiger partial charge in [-0.05, 0) is 12.8 Å². The van der Waals surface area contributed by atoms with Gasteiger partial charge in [-0.15, -0.1) is 0 Å². The van der Waals surface area contributed by atoms with Crippen LogP contribution in [0.15, 0.2) is 0 Å². The molecule has 0 aromatic rings. The second-order valence-electron chi connectivity index (χ2n) is 2.68. The minimum absolute atomic E-state index is 0.110. The molecule has 0 amide bonds. The van der Waals surface area contributed by atoms with Crippen LogP contribution in [0.1, 0.15) is 12.8 Å². The molecule has 2 unspecified atom stereocenters. The van der Waals surface area contributed by atoms with Crippen molar-refractivity contribution >= 4 is 12.6 Å². The zero-order chi connectivity index (χ0) is 10.1. The Morgan fingerprint density at radius 3 is 1.62 bits per heavy atom. The summed E-state index contributed by atoms with van der Waals surface area (Å²) in [5.74, 6) is 0. The second kappa shape index (κ2) is 7.85. The molecule has 0 aliphatic rings. The molecule has 0 aliphatic carbocycles. The topological polar surface area (TPSA) is 86.6 Å². The quantitative estimate of drug-likeness (QED) is 0.403. The summed E-state index contributed by atoms with van der Waals surface area (Å²) in [6.45, 7) is -0.220. The largest absolute Gasteiger partial charge is 0.396 e. The van der Waals surface area contributed by atoms with Crippen molar-refractivity contribution < 1.29 is 19.8 Å². The van der Waals surface area contributed by atoms with Crippen LogP contribution < -0.4 is 5.32 Å². The van der Waals surface area contributed by atoms with E-state index in [4.69, 9.17) is 10.2 Å². The minimum atomic E-state index is -0.522. The smallest absolute Gasteiger partial charge is 0.137 e. The molecule has 5 heteroatoms. The lowest BCUT2D eigenvalue weighted by Crippen LogP contribution is -2.41. The Labute approximate surface area is 76.8 Å². The standard InChI is InChI=1S/C8H15NO4/c10-3-1-7(5-12)9-8(6-13)2-4-11/h5-11H,1-4H2. The third-order valence-electron chi connectivity index (χ3n) is 1.64. The summed E-state index contributed by atoms with van der Waals surface area (Å²) in [5, 5.41) is 19.8. The van der Waals surface area contributed by atoms with Crippen molar-refractivity contribution in [2.24, 2.45) is 0 Å². The molecule has 0 saturated carbocycles. The zero-order valence-corrected chi connectivity index (χ0v) is 7.35. The van der Waals surface area contributed by atoms with Crippen LogP contribution in [0.5, 0.6) is 0 Å². The summed E-state index contributed by atoms with van der Waals surface area (Å²) in [5.41, 5.74) is 0. The number of aldehydes is 2. The van der Waals surface area contributed by atoms with E-state index in [-0.39, 0.29) is 26.1 Å². The van der Waals surface area contributed by atoms with Gasteiger partial charge in [0.25, 0.3) is 0 Å². The van der Waals surface area contributed by atoms with Gasteiger partial charge in [0, 0.05) is 13.2 Å². The van der Waals surface area contributed by atoms with E-state index in [0.29, 0.717) is 12.6 Å². The van der Waals surface area contributed by atoms with E-state index in [2.05, 4.69) is 5.32 Å². The lowest BCUT2D eigenvalue weighted by atomic mass is 10.1. The van der Waals surface area contributed by atoms with Gasteiger partial charge in [0.05, 0.1) is 12.1 Å². The summed E-state index contributed by atoms with van der Waals surface area (Å²) < 4.78 is 0. The molecule has 5 nitrogen and oxygen atoms in total. The Hall–Kier alpha value is -0.780. The molecule has 0 aromatic heterocycles. The van der Waals surface area contributed by atoms with E-state index >= 15 is 0 Å². The second-order valence-corrected chi connectivity index (χ2v) is 2.68. The molecule has 0 spiro atoms. The third kappa shape index (κ3) is 5.46. The number of aliphatic hydroxyl groups excluding tert-OH is 2. The minimum Gasteiger partial charge on any atom is -0.396 e. The Kier molecular flexibility index (Phi) is 7.38. The highest BCUT2D eigenvalue weighted by molar-refractivity contribution is 5.62. The summed E-state index contributed by atoms with van der Waals surface area (Å²) in [6, 6.07) is -1.04. The van der Waals surface area contributed by atoms with Crippen molar-refractivity contribution in [3.63, 3.8) is 0 Å². The monoisotopic (exact) mass is 189 g/mol. The van der Waals surface area contributed by atoms with Gasteiger partial charge in [-0.1, -0.05) is 0 Å². The highest BCUT2D eigenvalue weighted by atomic mass is 16.3. The van der Waals surface area contributed by atoms with Crippen LogP contribution in [0.25, 0.3) is 0 Å². The van der Waals surface area contributed by atoms with Crippen LogP contribution in [0, 0.1) is 0 Å².